The maximum atomic E-state index is 10.7. The number of amides is 2. The molecule has 0 fully saturated rings. The normalized spacial score (nSPS) is 9.63. The first kappa shape index (κ1) is 12.9. The van der Waals surface area contributed by atoms with Crippen LogP contribution in [0.4, 0.5) is 16.2 Å². The van der Waals surface area contributed by atoms with E-state index >= 15 is 0 Å². The molecule has 0 saturated heterocycles. The van der Waals surface area contributed by atoms with Crippen LogP contribution < -0.4 is 16.4 Å². The minimum absolute atomic E-state index is 0.580. The van der Waals surface area contributed by atoms with E-state index in [0.717, 1.165) is 10.6 Å². The van der Waals surface area contributed by atoms with Gasteiger partial charge in [0, 0.05) is 28.2 Å². The Bertz CT molecular complexity index is 612. The van der Waals surface area contributed by atoms with Crippen molar-refractivity contribution < 1.29 is 4.79 Å². The zero-order chi connectivity index (χ0) is 13.7. The van der Waals surface area contributed by atoms with Crippen LogP contribution in [-0.2, 0) is 6.54 Å². The number of nitrogens with zero attached hydrogens (tertiary/aromatic N) is 1. The quantitative estimate of drug-likeness (QED) is 0.799. The van der Waals surface area contributed by atoms with Crippen LogP contribution >= 0.6 is 11.3 Å². The highest BCUT2D eigenvalue weighted by molar-refractivity contribution is 7.10. The molecule has 96 valence electrons. The molecule has 1 heterocycles. The molecule has 1 aromatic heterocycles. The number of nitrogens with one attached hydrogen (secondary N) is 2. The van der Waals surface area contributed by atoms with Crippen molar-refractivity contribution in [3.63, 3.8) is 0 Å². The van der Waals surface area contributed by atoms with E-state index in [1.165, 1.54) is 0 Å². The van der Waals surface area contributed by atoms with Crippen molar-refractivity contribution in [1.29, 1.82) is 5.26 Å². The molecule has 2 aromatic rings. The number of rotatable bonds is 4. The van der Waals surface area contributed by atoms with Crippen LogP contribution in [0.15, 0.2) is 35.7 Å². The van der Waals surface area contributed by atoms with E-state index in [9.17, 15) is 4.79 Å². The van der Waals surface area contributed by atoms with Crippen LogP contribution in [0.2, 0.25) is 0 Å². The molecule has 0 aliphatic rings. The third-order valence-corrected chi connectivity index (χ3v) is 3.34. The monoisotopic (exact) mass is 272 g/mol. The number of nitrogens with two attached hydrogens (primary N) is 1. The molecule has 2 amide bonds. The summed E-state index contributed by atoms with van der Waals surface area (Å²) < 4.78 is 0. The SMILES string of the molecule is N#Cc1csc(CNc2ccc(NC(N)=O)cc2)c1. The fraction of sp³-hybridized carbons (Fsp3) is 0.0769. The van der Waals surface area contributed by atoms with E-state index in [0.29, 0.717) is 17.8 Å². The van der Waals surface area contributed by atoms with Gasteiger partial charge in [-0.3, -0.25) is 0 Å². The molecule has 0 radical (unpaired) electrons. The van der Waals surface area contributed by atoms with E-state index in [1.807, 2.05) is 23.6 Å². The van der Waals surface area contributed by atoms with Crippen molar-refractivity contribution in [2.24, 2.45) is 5.73 Å². The van der Waals surface area contributed by atoms with E-state index in [2.05, 4.69) is 16.7 Å². The Labute approximate surface area is 114 Å². The van der Waals surface area contributed by atoms with Gasteiger partial charge in [0.2, 0.25) is 0 Å². The van der Waals surface area contributed by atoms with Crippen LogP contribution in [0.25, 0.3) is 0 Å². The van der Waals surface area contributed by atoms with E-state index in [1.54, 1.807) is 23.5 Å². The second-order valence-corrected chi connectivity index (χ2v) is 4.83. The van der Waals surface area contributed by atoms with Gasteiger partial charge in [-0.15, -0.1) is 11.3 Å². The number of hydrogen-bond acceptors (Lipinski definition) is 4. The number of thiophene rings is 1. The van der Waals surface area contributed by atoms with Crippen LogP contribution in [0.3, 0.4) is 0 Å². The minimum atomic E-state index is -0.580. The first-order valence-corrected chi connectivity index (χ1v) is 6.43. The van der Waals surface area contributed by atoms with Gasteiger partial charge in [0.1, 0.15) is 6.07 Å². The summed E-state index contributed by atoms with van der Waals surface area (Å²) in [7, 11) is 0. The van der Waals surface area contributed by atoms with Crippen molar-refractivity contribution in [3.05, 3.63) is 46.2 Å². The maximum absolute atomic E-state index is 10.7. The Kier molecular flexibility index (Phi) is 4.00. The van der Waals surface area contributed by atoms with Crippen molar-refractivity contribution >= 4 is 28.7 Å². The molecule has 19 heavy (non-hydrogen) atoms. The minimum Gasteiger partial charge on any atom is -0.380 e. The number of anilines is 2. The average molecular weight is 272 g/mol. The molecule has 0 atom stereocenters. The molecule has 0 saturated carbocycles. The van der Waals surface area contributed by atoms with Crippen molar-refractivity contribution in [2.75, 3.05) is 10.6 Å². The molecular formula is C13H12N4OS. The molecule has 5 nitrogen and oxygen atoms in total. The van der Waals surface area contributed by atoms with Gasteiger partial charge in [-0.1, -0.05) is 0 Å². The van der Waals surface area contributed by atoms with Crippen molar-refractivity contribution in [1.82, 2.24) is 0 Å². The first-order valence-electron chi connectivity index (χ1n) is 5.55. The van der Waals surface area contributed by atoms with Crippen LogP contribution in [0.5, 0.6) is 0 Å². The summed E-state index contributed by atoms with van der Waals surface area (Å²) in [6.07, 6.45) is 0. The van der Waals surface area contributed by atoms with E-state index in [-0.39, 0.29) is 0 Å². The van der Waals surface area contributed by atoms with Crippen LogP contribution in [0.1, 0.15) is 10.4 Å². The van der Waals surface area contributed by atoms with Gasteiger partial charge in [0.25, 0.3) is 0 Å². The second kappa shape index (κ2) is 5.89. The number of hydrogen-bond donors (Lipinski definition) is 3. The molecule has 0 bridgehead atoms. The summed E-state index contributed by atoms with van der Waals surface area (Å²) >= 11 is 1.55. The molecule has 0 aliphatic carbocycles. The highest BCUT2D eigenvalue weighted by atomic mass is 32.1. The fourth-order valence-corrected chi connectivity index (χ4v) is 2.28. The summed E-state index contributed by atoms with van der Waals surface area (Å²) in [6.45, 7) is 0.662. The Morgan fingerprint density at radius 1 is 1.32 bits per heavy atom. The summed E-state index contributed by atoms with van der Waals surface area (Å²) in [5, 5.41) is 16.3. The van der Waals surface area contributed by atoms with E-state index in [4.69, 9.17) is 11.0 Å². The topological polar surface area (TPSA) is 90.9 Å². The Balaban J connectivity index is 1.93. The molecule has 6 heteroatoms. The largest absolute Gasteiger partial charge is 0.380 e. The fourth-order valence-electron chi connectivity index (χ4n) is 1.53. The lowest BCUT2D eigenvalue weighted by Gasteiger charge is -2.06. The summed E-state index contributed by atoms with van der Waals surface area (Å²) in [5.74, 6) is 0. The molecule has 2 rings (SSSR count). The predicted octanol–water partition coefficient (Wildman–Crippen LogP) is 2.72. The van der Waals surface area contributed by atoms with E-state index < -0.39 is 6.03 Å². The van der Waals surface area contributed by atoms with Gasteiger partial charge in [-0.05, 0) is 30.3 Å². The third kappa shape index (κ3) is 3.72. The zero-order valence-electron chi connectivity index (χ0n) is 10.0. The molecule has 4 N–H and O–H groups in total. The number of carbonyl (C=O) groups excluding carboxylic acids is 1. The molecular weight excluding hydrogens is 260 g/mol. The summed E-state index contributed by atoms with van der Waals surface area (Å²) in [6, 6.07) is 10.6. The number of benzene rings is 1. The molecule has 0 aliphatic heterocycles. The number of urea groups is 1. The maximum Gasteiger partial charge on any atom is 0.316 e. The van der Waals surface area contributed by atoms with Crippen molar-refractivity contribution in [2.45, 2.75) is 6.54 Å². The lowest BCUT2D eigenvalue weighted by molar-refractivity contribution is 0.259. The Morgan fingerprint density at radius 2 is 2.00 bits per heavy atom. The first-order chi connectivity index (χ1) is 9.17. The van der Waals surface area contributed by atoms with Gasteiger partial charge in [-0.25, -0.2) is 4.79 Å². The Morgan fingerprint density at radius 3 is 2.58 bits per heavy atom. The Hall–Kier alpha value is -2.52. The molecule has 0 unspecified atom stereocenters. The second-order valence-electron chi connectivity index (χ2n) is 3.83. The predicted molar refractivity (Wildman–Crippen MR) is 76.0 cm³/mol. The molecule has 0 spiro atoms. The summed E-state index contributed by atoms with van der Waals surface area (Å²) in [4.78, 5) is 11.8. The molecule has 1 aromatic carbocycles. The van der Waals surface area contributed by atoms with Gasteiger partial charge >= 0.3 is 6.03 Å². The average Bonchev–Trinajstić information content (AvgIpc) is 2.85. The lowest BCUT2D eigenvalue weighted by Crippen LogP contribution is -2.19. The highest BCUT2D eigenvalue weighted by Gasteiger charge is 2.00. The number of carbonyl (C=O) groups is 1. The number of nitriles is 1. The van der Waals surface area contributed by atoms with Gasteiger partial charge in [0.15, 0.2) is 0 Å². The van der Waals surface area contributed by atoms with Gasteiger partial charge < -0.3 is 16.4 Å². The highest BCUT2D eigenvalue weighted by Crippen LogP contribution is 2.17. The summed E-state index contributed by atoms with van der Waals surface area (Å²) in [5.41, 5.74) is 7.29. The zero-order valence-corrected chi connectivity index (χ0v) is 10.8. The van der Waals surface area contributed by atoms with Crippen LogP contribution in [0, 0.1) is 11.3 Å². The van der Waals surface area contributed by atoms with Gasteiger partial charge in [0.05, 0.1) is 5.56 Å². The third-order valence-electron chi connectivity index (χ3n) is 2.40. The lowest BCUT2D eigenvalue weighted by atomic mass is 10.2. The standard InChI is InChI=1S/C13H12N4OS/c14-6-9-5-12(19-8-9)7-16-10-1-3-11(4-2-10)17-13(15)18/h1-5,8,16H,7H2,(H3,15,17,18). The van der Waals surface area contributed by atoms with Crippen LogP contribution in [-0.4, -0.2) is 6.03 Å². The van der Waals surface area contributed by atoms with Crippen molar-refractivity contribution in [3.8, 4) is 6.07 Å². The number of primary amides is 1. The smallest absolute Gasteiger partial charge is 0.316 e. The van der Waals surface area contributed by atoms with Gasteiger partial charge in [-0.2, -0.15) is 5.26 Å².